The zero-order valence-corrected chi connectivity index (χ0v) is 23.6. The fourth-order valence-electron chi connectivity index (χ4n) is 7.46. The van der Waals surface area contributed by atoms with Crippen molar-refractivity contribution in [1.82, 2.24) is 4.90 Å². The second-order valence-corrected chi connectivity index (χ2v) is 12.2. The van der Waals surface area contributed by atoms with Crippen molar-refractivity contribution in [3.8, 4) is 0 Å². The van der Waals surface area contributed by atoms with Gasteiger partial charge in [-0.3, -0.25) is 4.90 Å². The molecule has 0 aromatic carbocycles. The van der Waals surface area contributed by atoms with Gasteiger partial charge in [-0.05, 0) is 92.4 Å². The van der Waals surface area contributed by atoms with Crippen molar-refractivity contribution in [1.29, 1.82) is 0 Å². The van der Waals surface area contributed by atoms with Crippen LogP contribution in [0.1, 0.15) is 132 Å². The lowest BCUT2D eigenvalue weighted by molar-refractivity contribution is 0.0326. The number of unbranched alkanes of at least 4 members (excludes halogenated alkanes) is 1. The summed E-state index contributed by atoms with van der Waals surface area (Å²) in [5.41, 5.74) is 1.05. The van der Waals surface area contributed by atoms with Crippen LogP contribution in [-0.4, -0.2) is 25.3 Å². The van der Waals surface area contributed by atoms with Gasteiger partial charge in [-0.25, -0.2) is 4.39 Å². The quantitative estimate of drug-likeness (QED) is 0.210. The van der Waals surface area contributed by atoms with Gasteiger partial charge in [-0.1, -0.05) is 87.5 Å². The molecule has 3 unspecified atom stereocenters. The Labute approximate surface area is 202 Å². The Morgan fingerprint density at radius 1 is 0.938 bits per heavy atom. The molecule has 1 nitrogen and oxygen atoms in total. The highest BCUT2D eigenvalue weighted by Gasteiger charge is 2.50. The van der Waals surface area contributed by atoms with Gasteiger partial charge in [-0.2, -0.15) is 0 Å². The van der Waals surface area contributed by atoms with E-state index in [-0.39, 0.29) is 6.80 Å². The summed E-state index contributed by atoms with van der Waals surface area (Å²) < 4.78 is 12.7. The first-order valence-electron chi connectivity index (χ1n) is 14.4. The molecule has 2 aliphatic carbocycles. The Balaban J connectivity index is 0.00000249. The van der Waals surface area contributed by atoms with E-state index in [0.717, 1.165) is 42.6 Å². The average molecular weight is 454 g/mol. The van der Waals surface area contributed by atoms with Crippen LogP contribution in [-0.2, 0) is 0 Å². The van der Waals surface area contributed by atoms with Crippen LogP contribution in [0.25, 0.3) is 0 Å². The molecule has 0 heterocycles. The lowest BCUT2D eigenvalue weighted by Crippen LogP contribution is -2.38. The van der Waals surface area contributed by atoms with Crippen molar-refractivity contribution < 1.29 is 4.39 Å². The Hall–Kier alpha value is -0.110. The first-order chi connectivity index (χ1) is 15.2. The summed E-state index contributed by atoms with van der Waals surface area (Å²) in [5, 5.41) is 0. The minimum Gasteiger partial charge on any atom is -0.280 e. The number of halogens is 1. The second kappa shape index (κ2) is 14.3. The predicted molar refractivity (Wildman–Crippen MR) is 142 cm³/mol. The molecule has 0 spiro atoms. The molecule has 2 saturated carbocycles. The van der Waals surface area contributed by atoms with E-state index in [2.05, 4.69) is 41.5 Å². The maximum atomic E-state index is 12.7. The summed E-state index contributed by atoms with van der Waals surface area (Å²) in [4.78, 5) is 1.81. The van der Waals surface area contributed by atoms with E-state index in [0.29, 0.717) is 10.8 Å². The van der Waals surface area contributed by atoms with E-state index < -0.39 is 0 Å². The van der Waals surface area contributed by atoms with Crippen molar-refractivity contribution in [3.05, 3.63) is 0 Å². The lowest BCUT2D eigenvalue weighted by Gasteiger charge is -2.45. The molecule has 2 fully saturated rings. The van der Waals surface area contributed by atoms with Gasteiger partial charge in [0.25, 0.3) is 0 Å². The van der Waals surface area contributed by atoms with E-state index in [1.807, 2.05) is 20.9 Å². The molecule has 0 aromatic rings. The smallest absolute Gasteiger partial charge is 0.142 e. The molecule has 0 amide bonds. The van der Waals surface area contributed by atoms with E-state index in [1.165, 1.54) is 70.6 Å². The van der Waals surface area contributed by atoms with E-state index in [4.69, 9.17) is 0 Å². The number of hydrogen-bond acceptors (Lipinski definition) is 1. The molecule has 2 aliphatic rings. The fraction of sp³-hybridized carbons (Fsp3) is 1.00. The number of rotatable bonds is 12. The molecule has 0 aliphatic heterocycles. The van der Waals surface area contributed by atoms with Gasteiger partial charge in [-0.15, -0.1) is 0 Å². The summed E-state index contributed by atoms with van der Waals surface area (Å²) in [6.07, 6.45) is 16.6. The van der Waals surface area contributed by atoms with Gasteiger partial charge >= 0.3 is 0 Å². The highest BCUT2D eigenvalue weighted by Crippen LogP contribution is 2.58. The van der Waals surface area contributed by atoms with Gasteiger partial charge in [0.15, 0.2) is 0 Å². The highest BCUT2D eigenvalue weighted by atomic mass is 19.1. The summed E-state index contributed by atoms with van der Waals surface area (Å²) in [6, 6.07) is 0. The number of alkyl halides is 1. The maximum absolute atomic E-state index is 12.7. The minimum atomic E-state index is -0.314. The zero-order valence-electron chi connectivity index (χ0n) is 23.6. The van der Waals surface area contributed by atoms with Crippen LogP contribution >= 0.6 is 0 Å². The molecule has 0 bridgehead atoms. The van der Waals surface area contributed by atoms with E-state index in [1.54, 1.807) is 4.90 Å². The van der Waals surface area contributed by atoms with Crippen LogP contribution in [0.2, 0.25) is 0 Å². The molecular formula is C30H60FN. The third-order valence-electron chi connectivity index (χ3n) is 10.1. The van der Waals surface area contributed by atoms with Crippen molar-refractivity contribution in [3.63, 3.8) is 0 Å². The molecule has 192 valence electrons. The molecule has 32 heavy (non-hydrogen) atoms. The van der Waals surface area contributed by atoms with Crippen LogP contribution in [0.15, 0.2) is 0 Å². The number of hydrogen-bond donors (Lipinski definition) is 0. The van der Waals surface area contributed by atoms with Crippen LogP contribution in [0.4, 0.5) is 4.39 Å². The third-order valence-corrected chi connectivity index (χ3v) is 10.1. The molecule has 6 atom stereocenters. The Kier molecular flexibility index (Phi) is 13.4. The Morgan fingerprint density at radius 2 is 1.62 bits per heavy atom. The summed E-state index contributed by atoms with van der Waals surface area (Å²) >= 11 is 0. The van der Waals surface area contributed by atoms with Gasteiger partial charge in [0.1, 0.15) is 6.80 Å². The first kappa shape index (κ1) is 29.9. The monoisotopic (exact) mass is 453 g/mol. The normalized spacial score (nSPS) is 31.8. The summed E-state index contributed by atoms with van der Waals surface area (Å²) in [6.45, 7) is 19.8. The SMILES string of the molecule is CC.CC[C@H](C)[C@@]1(C)C(C(C)CCC2CCCCC2(C)C)CC[C@@H]1CCCCN(C)CF. The van der Waals surface area contributed by atoms with Crippen LogP contribution in [0.5, 0.6) is 0 Å². The standard InChI is InChI=1S/C28H54FN.C2H6/c1-8-23(3)28(6)25(14-10-12-20-30(7)21-29)17-18-26(28)22(2)15-16-24-13-9-11-19-27(24,4)5;1-2/h22-26H,8-21H2,1-7H3;1-2H3/t22?,23-,24?,25-,26?,28+;/m0./s1. The van der Waals surface area contributed by atoms with Crippen molar-refractivity contribution in [2.24, 2.45) is 40.4 Å². The second-order valence-electron chi connectivity index (χ2n) is 12.2. The van der Waals surface area contributed by atoms with E-state index >= 15 is 0 Å². The van der Waals surface area contributed by atoms with Crippen molar-refractivity contribution in [2.45, 2.75) is 132 Å². The predicted octanol–water partition coefficient (Wildman–Crippen LogP) is 9.75. The largest absolute Gasteiger partial charge is 0.280 e. The average Bonchev–Trinajstić information content (AvgIpc) is 3.13. The Bertz CT molecular complexity index is 489. The lowest BCUT2D eigenvalue weighted by atomic mass is 9.59. The molecular weight excluding hydrogens is 393 g/mol. The molecule has 0 saturated heterocycles. The first-order valence-corrected chi connectivity index (χ1v) is 14.4. The summed E-state index contributed by atoms with van der Waals surface area (Å²) in [7, 11) is 1.89. The topological polar surface area (TPSA) is 3.24 Å². The third kappa shape index (κ3) is 7.71. The van der Waals surface area contributed by atoms with Crippen LogP contribution < -0.4 is 0 Å². The van der Waals surface area contributed by atoms with Gasteiger partial charge in [0, 0.05) is 6.54 Å². The molecule has 2 heteroatoms. The number of nitrogens with zero attached hydrogens (tertiary/aromatic N) is 1. The summed E-state index contributed by atoms with van der Waals surface area (Å²) in [5.74, 6) is 4.34. The Morgan fingerprint density at radius 3 is 2.22 bits per heavy atom. The van der Waals surface area contributed by atoms with Crippen molar-refractivity contribution >= 4 is 0 Å². The van der Waals surface area contributed by atoms with Gasteiger partial charge in [0.05, 0.1) is 0 Å². The molecule has 2 rings (SSSR count). The molecule has 0 N–H and O–H groups in total. The van der Waals surface area contributed by atoms with Crippen LogP contribution in [0.3, 0.4) is 0 Å². The zero-order chi connectivity index (χ0) is 24.4. The van der Waals surface area contributed by atoms with Crippen LogP contribution in [0, 0.1) is 40.4 Å². The molecule has 0 radical (unpaired) electrons. The van der Waals surface area contributed by atoms with Crippen molar-refractivity contribution in [2.75, 3.05) is 20.4 Å². The maximum Gasteiger partial charge on any atom is 0.142 e. The fourth-order valence-corrected chi connectivity index (χ4v) is 7.46. The minimum absolute atomic E-state index is 0.314. The highest BCUT2D eigenvalue weighted by molar-refractivity contribution is 4.99. The van der Waals surface area contributed by atoms with Gasteiger partial charge < -0.3 is 0 Å². The van der Waals surface area contributed by atoms with E-state index in [9.17, 15) is 4.39 Å². The van der Waals surface area contributed by atoms with Gasteiger partial charge in [0.2, 0.25) is 0 Å². The molecule has 0 aromatic heterocycles.